The van der Waals surface area contributed by atoms with E-state index < -0.39 is 18.8 Å². The zero-order valence-electron chi connectivity index (χ0n) is 12.5. The summed E-state index contributed by atoms with van der Waals surface area (Å²) in [6, 6.07) is 5.22. The number of benzene rings is 1. The molecule has 0 radical (unpaired) electrons. The van der Waals surface area contributed by atoms with Crippen molar-refractivity contribution >= 4 is 30.6 Å². The highest BCUT2D eigenvalue weighted by Crippen LogP contribution is 2.54. The van der Waals surface area contributed by atoms with Crippen LogP contribution in [0.3, 0.4) is 0 Å². The number of phosphoric ester groups is 1. The Morgan fingerprint density at radius 3 is 2.75 bits per heavy atom. The van der Waals surface area contributed by atoms with Gasteiger partial charge in [-0.05, 0) is 23.8 Å². The topological polar surface area (TPSA) is 87.9 Å². The summed E-state index contributed by atoms with van der Waals surface area (Å²) >= 11 is 5.18. The summed E-state index contributed by atoms with van der Waals surface area (Å²) in [5.41, 5.74) is 0.747. The monoisotopic (exact) mass is 367 g/mol. The van der Waals surface area contributed by atoms with Gasteiger partial charge in [-0.25, -0.2) is 4.57 Å². The maximum absolute atomic E-state index is 12.7. The standard InChI is InChI=1S/C15H14NO6PS/c17-16(18)12-4-6-13(7-5-12)21-23(19)20-9-8-15(22-23)11-2-1-3-14(24)10-11/h1-2,4-7,10,15H,3,8-9H2/t15-,23-/m0/s1. The van der Waals surface area contributed by atoms with E-state index in [1.807, 2.05) is 18.2 Å². The molecule has 2 aliphatic rings. The molecule has 0 saturated carbocycles. The van der Waals surface area contributed by atoms with Crippen LogP contribution in [-0.2, 0) is 13.6 Å². The van der Waals surface area contributed by atoms with Crippen molar-refractivity contribution in [3.8, 4) is 5.75 Å². The van der Waals surface area contributed by atoms with Gasteiger partial charge in [0.05, 0.1) is 17.6 Å². The van der Waals surface area contributed by atoms with Crippen LogP contribution in [0, 0.1) is 10.1 Å². The van der Waals surface area contributed by atoms with Gasteiger partial charge in [0.15, 0.2) is 0 Å². The second-order valence-corrected chi connectivity index (χ2v) is 7.29. The first kappa shape index (κ1) is 17.0. The quantitative estimate of drug-likeness (QED) is 0.342. The van der Waals surface area contributed by atoms with Crippen LogP contribution >= 0.6 is 20.0 Å². The molecule has 3 rings (SSSR count). The van der Waals surface area contributed by atoms with Crippen molar-refractivity contribution in [2.24, 2.45) is 0 Å². The smallest absolute Gasteiger partial charge is 0.404 e. The van der Waals surface area contributed by atoms with E-state index in [9.17, 15) is 14.7 Å². The van der Waals surface area contributed by atoms with Crippen LogP contribution in [-0.4, -0.2) is 22.5 Å². The zero-order valence-corrected chi connectivity index (χ0v) is 14.2. The molecule has 126 valence electrons. The number of thiocarbonyl (C=S) groups is 1. The minimum atomic E-state index is -3.80. The van der Waals surface area contributed by atoms with Gasteiger partial charge in [-0.3, -0.25) is 19.2 Å². The number of hydrogen-bond donors (Lipinski definition) is 0. The van der Waals surface area contributed by atoms with Crippen LogP contribution in [0.2, 0.25) is 0 Å². The predicted octanol–water partition coefficient (Wildman–Crippen LogP) is 4.14. The summed E-state index contributed by atoms with van der Waals surface area (Å²) in [7, 11) is -3.80. The van der Waals surface area contributed by atoms with Crippen LogP contribution in [0.25, 0.3) is 0 Å². The van der Waals surface area contributed by atoms with Crippen LogP contribution in [0.1, 0.15) is 12.8 Å². The van der Waals surface area contributed by atoms with E-state index in [1.54, 1.807) is 0 Å². The van der Waals surface area contributed by atoms with Crippen LogP contribution in [0.4, 0.5) is 5.69 Å². The summed E-state index contributed by atoms with van der Waals surface area (Å²) in [6.07, 6.45) is 6.46. The fraction of sp³-hybridized carbons (Fsp3) is 0.267. The van der Waals surface area contributed by atoms with Crippen molar-refractivity contribution in [3.05, 3.63) is 58.2 Å². The van der Waals surface area contributed by atoms with Gasteiger partial charge < -0.3 is 4.52 Å². The average molecular weight is 367 g/mol. The maximum Gasteiger partial charge on any atom is 0.530 e. The lowest BCUT2D eigenvalue weighted by Crippen LogP contribution is -2.24. The van der Waals surface area contributed by atoms with Gasteiger partial charge in [-0.1, -0.05) is 24.4 Å². The highest BCUT2D eigenvalue weighted by atomic mass is 32.1. The first-order valence-electron chi connectivity index (χ1n) is 7.23. The third-order valence-corrected chi connectivity index (χ3v) is 5.21. The lowest BCUT2D eigenvalue weighted by atomic mass is 10.0. The lowest BCUT2D eigenvalue weighted by molar-refractivity contribution is -0.384. The van der Waals surface area contributed by atoms with Crippen molar-refractivity contribution in [2.75, 3.05) is 6.61 Å². The van der Waals surface area contributed by atoms with Crippen molar-refractivity contribution in [1.82, 2.24) is 0 Å². The Hall–Kier alpha value is -1.86. The number of rotatable bonds is 4. The molecule has 0 amide bonds. The molecule has 1 aromatic carbocycles. The molecule has 1 saturated heterocycles. The van der Waals surface area contributed by atoms with Gasteiger partial charge in [0.1, 0.15) is 5.75 Å². The fourth-order valence-electron chi connectivity index (χ4n) is 2.35. The molecule has 1 aromatic rings. The van der Waals surface area contributed by atoms with E-state index in [4.69, 9.17) is 25.8 Å². The molecule has 0 spiro atoms. The molecule has 0 aromatic heterocycles. The second kappa shape index (κ2) is 6.94. The number of nitro benzene ring substituents is 1. The van der Waals surface area contributed by atoms with E-state index in [0.29, 0.717) is 12.8 Å². The van der Waals surface area contributed by atoms with Gasteiger partial charge in [0, 0.05) is 29.8 Å². The zero-order chi connectivity index (χ0) is 17.2. The Morgan fingerprint density at radius 1 is 1.33 bits per heavy atom. The van der Waals surface area contributed by atoms with Gasteiger partial charge in [0.2, 0.25) is 0 Å². The minimum Gasteiger partial charge on any atom is -0.404 e. The predicted molar refractivity (Wildman–Crippen MR) is 91.2 cm³/mol. The molecule has 1 fully saturated rings. The minimum absolute atomic E-state index is 0.0880. The number of nitrogens with zero attached hydrogens (tertiary/aromatic N) is 1. The maximum atomic E-state index is 12.7. The summed E-state index contributed by atoms with van der Waals surface area (Å²) in [4.78, 5) is 10.9. The molecule has 7 nitrogen and oxygen atoms in total. The molecule has 1 aliphatic carbocycles. The first-order chi connectivity index (χ1) is 11.5. The van der Waals surface area contributed by atoms with Crippen molar-refractivity contribution in [3.63, 3.8) is 0 Å². The van der Waals surface area contributed by atoms with E-state index in [0.717, 1.165) is 10.4 Å². The summed E-state index contributed by atoms with van der Waals surface area (Å²) in [5, 5.41) is 10.6. The highest BCUT2D eigenvalue weighted by Gasteiger charge is 2.38. The van der Waals surface area contributed by atoms with Gasteiger partial charge in [0.25, 0.3) is 5.69 Å². The molecule has 0 unspecified atom stereocenters. The second-order valence-electron chi connectivity index (χ2n) is 5.22. The number of nitro groups is 1. The number of non-ortho nitro benzene ring substituents is 1. The molecule has 24 heavy (non-hydrogen) atoms. The van der Waals surface area contributed by atoms with Crippen LogP contribution in [0.15, 0.2) is 48.1 Å². The number of hydrogen-bond acceptors (Lipinski definition) is 7. The van der Waals surface area contributed by atoms with E-state index in [1.165, 1.54) is 24.3 Å². The van der Waals surface area contributed by atoms with Gasteiger partial charge in [-0.2, -0.15) is 0 Å². The van der Waals surface area contributed by atoms with E-state index >= 15 is 0 Å². The molecule has 0 bridgehead atoms. The molecule has 9 heteroatoms. The molecule has 0 N–H and O–H groups in total. The SMILES string of the molecule is O=[N+]([O-])c1ccc(O[P@]2(=O)OCC[C@@H](C3=CC(=S)CC=C3)O2)cc1. The Bertz CT molecular complexity index is 773. The molecule has 1 heterocycles. The molecular formula is C15H14NO6PS. The summed E-state index contributed by atoms with van der Waals surface area (Å²) in [5.74, 6) is 0.174. The Morgan fingerprint density at radius 2 is 2.08 bits per heavy atom. The normalized spacial score (nSPS) is 26.8. The largest absolute Gasteiger partial charge is 0.530 e. The number of phosphoric acid groups is 1. The third-order valence-electron chi connectivity index (χ3n) is 3.48. The summed E-state index contributed by atoms with van der Waals surface area (Å²) < 4.78 is 28.7. The molecule has 1 aliphatic heterocycles. The third kappa shape index (κ3) is 3.96. The first-order valence-corrected chi connectivity index (χ1v) is 9.10. The Balaban J connectivity index is 1.72. The molecule has 2 atom stereocenters. The highest BCUT2D eigenvalue weighted by molar-refractivity contribution is 7.80. The van der Waals surface area contributed by atoms with Gasteiger partial charge in [-0.15, -0.1) is 0 Å². The fourth-order valence-corrected chi connectivity index (χ4v) is 3.98. The van der Waals surface area contributed by atoms with Crippen molar-refractivity contribution < 1.29 is 23.1 Å². The summed E-state index contributed by atoms with van der Waals surface area (Å²) in [6.45, 7) is 0.215. The lowest BCUT2D eigenvalue weighted by Gasteiger charge is -2.30. The van der Waals surface area contributed by atoms with Gasteiger partial charge >= 0.3 is 7.82 Å². The Labute approximate surface area is 143 Å². The average Bonchev–Trinajstić information content (AvgIpc) is 2.55. The van der Waals surface area contributed by atoms with Crippen LogP contribution < -0.4 is 4.52 Å². The van der Waals surface area contributed by atoms with Crippen molar-refractivity contribution in [1.29, 1.82) is 0 Å². The number of allylic oxidation sites excluding steroid dienone is 2. The van der Waals surface area contributed by atoms with E-state index in [2.05, 4.69) is 0 Å². The van der Waals surface area contributed by atoms with Crippen molar-refractivity contribution in [2.45, 2.75) is 18.9 Å². The van der Waals surface area contributed by atoms with E-state index in [-0.39, 0.29) is 18.0 Å². The van der Waals surface area contributed by atoms with Crippen LogP contribution in [0.5, 0.6) is 5.75 Å². The Kier molecular flexibility index (Phi) is 4.91. The molecular weight excluding hydrogens is 353 g/mol.